The molecule has 0 fully saturated rings. The van der Waals surface area contributed by atoms with Crippen LogP contribution in [0.4, 0.5) is 5.88 Å². The van der Waals surface area contributed by atoms with Crippen molar-refractivity contribution < 1.29 is 30.8 Å². The van der Waals surface area contributed by atoms with Crippen LogP contribution in [0.3, 0.4) is 0 Å². The number of carbonyl (C=O) groups is 1. The van der Waals surface area contributed by atoms with Crippen LogP contribution in [-0.4, -0.2) is 29.9 Å². The van der Waals surface area contributed by atoms with Crippen LogP contribution in [0.15, 0.2) is 87.0 Å². The van der Waals surface area contributed by atoms with Crippen molar-refractivity contribution in [3.05, 3.63) is 78.6 Å². The SMILES string of the molecule is COC(=O)c1ccc(N(S(=O)(=O)c2ccccc2)S(=O)(=O)c2ccccc2)o1. The molecule has 0 bridgehead atoms. The monoisotopic (exact) mass is 421 g/mol. The lowest BCUT2D eigenvalue weighted by Gasteiger charge is -2.21. The molecule has 0 saturated carbocycles. The van der Waals surface area contributed by atoms with Crippen LogP contribution in [0.5, 0.6) is 0 Å². The summed E-state index contributed by atoms with van der Waals surface area (Å²) in [6.07, 6.45) is 0. The van der Waals surface area contributed by atoms with Gasteiger partial charge in [-0.1, -0.05) is 36.4 Å². The van der Waals surface area contributed by atoms with Crippen molar-refractivity contribution in [2.45, 2.75) is 9.79 Å². The Balaban J connectivity index is 2.23. The third-order valence-corrected chi connectivity index (χ3v) is 7.82. The largest absolute Gasteiger partial charge is 0.463 e. The summed E-state index contributed by atoms with van der Waals surface area (Å²) in [4.78, 5) is 11.1. The predicted molar refractivity (Wildman–Crippen MR) is 99.8 cm³/mol. The Morgan fingerprint density at radius 3 is 1.68 bits per heavy atom. The molecule has 0 aliphatic heterocycles. The number of ether oxygens (including phenoxy) is 1. The zero-order chi connectivity index (χ0) is 20.4. The molecule has 0 N–H and O–H groups in total. The summed E-state index contributed by atoms with van der Waals surface area (Å²) in [5.41, 5.74) is 0. The summed E-state index contributed by atoms with van der Waals surface area (Å²) in [6.45, 7) is 0. The van der Waals surface area contributed by atoms with E-state index in [0.717, 1.165) is 19.2 Å². The second-order valence-electron chi connectivity index (χ2n) is 5.46. The van der Waals surface area contributed by atoms with Crippen LogP contribution in [0.2, 0.25) is 0 Å². The van der Waals surface area contributed by atoms with E-state index in [1.165, 1.54) is 48.5 Å². The van der Waals surface area contributed by atoms with Gasteiger partial charge >= 0.3 is 5.97 Å². The first-order valence-electron chi connectivity index (χ1n) is 7.87. The Labute approximate surface area is 162 Å². The van der Waals surface area contributed by atoms with Crippen molar-refractivity contribution in [2.75, 3.05) is 10.8 Å². The zero-order valence-electron chi connectivity index (χ0n) is 14.5. The van der Waals surface area contributed by atoms with E-state index in [9.17, 15) is 21.6 Å². The Hall–Kier alpha value is -3.11. The first kappa shape index (κ1) is 19.6. The van der Waals surface area contributed by atoms with E-state index < -0.39 is 31.9 Å². The van der Waals surface area contributed by atoms with Gasteiger partial charge in [0.05, 0.1) is 16.9 Å². The molecule has 0 radical (unpaired) electrons. The molecular weight excluding hydrogens is 406 g/mol. The van der Waals surface area contributed by atoms with Gasteiger partial charge in [-0.3, -0.25) is 0 Å². The Bertz CT molecular complexity index is 1120. The van der Waals surface area contributed by atoms with Gasteiger partial charge in [-0.05, 0) is 30.3 Å². The minimum absolute atomic E-state index is 0.164. The van der Waals surface area contributed by atoms with Crippen molar-refractivity contribution in [2.24, 2.45) is 0 Å². The minimum Gasteiger partial charge on any atom is -0.463 e. The molecule has 3 aromatic rings. The highest BCUT2D eigenvalue weighted by molar-refractivity contribution is 8.10. The number of hydrogen-bond acceptors (Lipinski definition) is 7. The van der Waals surface area contributed by atoms with Crippen LogP contribution in [0.25, 0.3) is 0 Å². The highest BCUT2D eigenvalue weighted by Crippen LogP contribution is 2.32. The predicted octanol–water partition coefficient (Wildman–Crippen LogP) is 2.65. The molecule has 0 spiro atoms. The van der Waals surface area contributed by atoms with Crippen LogP contribution in [0.1, 0.15) is 10.6 Å². The normalized spacial score (nSPS) is 11.8. The number of benzene rings is 2. The minimum atomic E-state index is -4.58. The number of hydrogen-bond donors (Lipinski definition) is 0. The Kier molecular flexibility index (Phi) is 5.25. The first-order chi connectivity index (χ1) is 13.3. The van der Waals surface area contributed by atoms with E-state index in [-0.39, 0.29) is 19.3 Å². The summed E-state index contributed by atoms with van der Waals surface area (Å²) in [6, 6.07) is 16.3. The second-order valence-corrected chi connectivity index (χ2v) is 9.27. The standard InChI is InChI=1S/C18H15NO7S2/c1-25-18(20)16-12-13-17(26-16)19(27(21,22)14-8-4-2-5-9-14)28(23,24)15-10-6-3-7-11-15/h2-13H,1H3. The van der Waals surface area contributed by atoms with Gasteiger partial charge in [-0.2, -0.15) is 16.8 Å². The molecule has 3 rings (SSSR count). The topological polar surface area (TPSA) is 111 Å². The van der Waals surface area contributed by atoms with Crippen molar-refractivity contribution >= 4 is 31.9 Å². The molecule has 8 nitrogen and oxygen atoms in total. The van der Waals surface area contributed by atoms with E-state index in [2.05, 4.69) is 4.74 Å². The number of nitrogens with zero attached hydrogens (tertiary/aromatic N) is 1. The Morgan fingerprint density at radius 2 is 1.25 bits per heavy atom. The maximum absolute atomic E-state index is 13.2. The number of furan rings is 1. The summed E-state index contributed by atoms with van der Waals surface area (Å²) < 4.78 is 62.6. The van der Waals surface area contributed by atoms with Gasteiger partial charge < -0.3 is 9.15 Å². The van der Waals surface area contributed by atoms with Gasteiger partial charge in [-0.15, -0.1) is 3.71 Å². The van der Waals surface area contributed by atoms with E-state index in [1.54, 1.807) is 12.1 Å². The average Bonchev–Trinajstić information content (AvgIpc) is 3.17. The van der Waals surface area contributed by atoms with Gasteiger partial charge in [0.15, 0.2) is 0 Å². The average molecular weight is 421 g/mol. The third kappa shape index (κ3) is 3.51. The molecule has 1 heterocycles. The smallest absolute Gasteiger partial charge is 0.374 e. The molecule has 0 aliphatic carbocycles. The molecule has 0 aliphatic rings. The molecule has 0 amide bonds. The number of rotatable bonds is 6. The van der Waals surface area contributed by atoms with Gasteiger partial charge in [0.1, 0.15) is 0 Å². The molecule has 0 atom stereocenters. The van der Waals surface area contributed by atoms with Crippen molar-refractivity contribution in [1.82, 2.24) is 0 Å². The lowest BCUT2D eigenvalue weighted by Crippen LogP contribution is -2.36. The zero-order valence-corrected chi connectivity index (χ0v) is 16.2. The van der Waals surface area contributed by atoms with E-state index in [0.29, 0.717) is 0 Å². The Morgan fingerprint density at radius 1 is 0.786 bits per heavy atom. The molecule has 2 aromatic carbocycles. The number of anilines is 1. The number of methoxy groups -OCH3 is 1. The summed E-state index contributed by atoms with van der Waals surface area (Å²) >= 11 is 0. The fraction of sp³-hybridized carbons (Fsp3) is 0.0556. The first-order valence-corrected chi connectivity index (χ1v) is 10.8. The number of sulfonamides is 2. The van der Waals surface area contributed by atoms with Gasteiger partial charge in [0.25, 0.3) is 20.0 Å². The highest BCUT2D eigenvalue weighted by atomic mass is 32.3. The van der Waals surface area contributed by atoms with Crippen LogP contribution in [0, 0.1) is 0 Å². The molecular formula is C18H15NO7S2. The van der Waals surface area contributed by atoms with Crippen LogP contribution in [-0.2, 0) is 24.8 Å². The molecule has 0 saturated heterocycles. The quantitative estimate of drug-likeness (QED) is 0.563. The molecule has 1 aromatic heterocycles. The number of carbonyl (C=O) groups excluding carboxylic acids is 1. The summed E-state index contributed by atoms with van der Waals surface area (Å²) in [5.74, 6) is -1.78. The van der Waals surface area contributed by atoms with Crippen LogP contribution >= 0.6 is 0 Å². The van der Waals surface area contributed by atoms with Gasteiger partial charge in [-0.25, -0.2) is 4.79 Å². The lowest BCUT2D eigenvalue weighted by atomic mass is 10.4. The van der Waals surface area contributed by atoms with Crippen molar-refractivity contribution in [3.63, 3.8) is 0 Å². The molecule has 28 heavy (non-hydrogen) atoms. The van der Waals surface area contributed by atoms with Crippen molar-refractivity contribution in [1.29, 1.82) is 0 Å². The molecule has 10 heteroatoms. The fourth-order valence-electron chi connectivity index (χ4n) is 2.38. The highest BCUT2D eigenvalue weighted by Gasteiger charge is 2.39. The van der Waals surface area contributed by atoms with E-state index >= 15 is 0 Å². The van der Waals surface area contributed by atoms with E-state index in [1.807, 2.05) is 0 Å². The maximum Gasteiger partial charge on any atom is 0.374 e. The van der Waals surface area contributed by atoms with Crippen molar-refractivity contribution in [3.8, 4) is 0 Å². The van der Waals surface area contributed by atoms with Crippen LogP contribution < -0.4 is 3.71 Å². The molecule has 0 unspecified atom stereocenters. The maximum atomic E-state index is 13.2. The fourth-order valence-corrected chi connectivity index (χ4v) is 5.98. The third-order valence-electron chi connectivity index (χ3n) is 3.68. The van der Waals surface area contributed by atoms with Gasteiger partial charge in [0.2, 0.25) is 11.6 Å². The van der Waals surface area contributed by atoms with E-state index in [4.69, 9.17) is 4.42 Å². The second kappa shape index (κ2) is 7.49. The summed E-state index contributed by atoms with van der Waals surface area (Å²) in [5, 5.41) is 0. The summed E-state index contributed by atoms with van der Waals surface area (Å²) in [7, 11) is -8.04. The molecule has 146 valence electrons. The number of esters is 1. The van der Waals surface area contributed by atoms with Gasteiger partial charge in [0, 0.05) is 6.07 Å². The lowest BCUT2D eigenvalue weighted by molar-refractivity contribution is 0.0566.